The molecule has 0 saturated carbocycles. The van der Waals surface area contributed by atoms with Gasteiger partial charge in [0.05, 0.1) is 60.5 Å². The zero-order chi connectivity index (χ0) is 43.8. The highest BCUT2D eigenvalue weighted by molar-refractivity contribution is 5.87. The summed E-state index contributed by atoms with van der Waals surface area (Å²) in [5.41, 5.74) is 5.96. The van der Waals surface area contributed by atoms with Crippen LogP contribution < -0.4 is 15.5 Å². The van der Waals surface area contributed by atoms with E-state index < -0.39 is 30.2 Å². The number of benzene rings is 2. The van der Waals surface area contributed by atoms with E-state index in [1.54, 1.807) is 9.80 Å². The lowest BCUT2D eigenvalue weighted by atomic mass is 10.0. The van der Waals surface area contributed by atoms with Crippen LogP contribution in [0.5, 0.6) is 0 Å². The first-order valence-corrected chi connectivity index (χ1v) is 21.5. The summed E-state index contributed by atoms with van der Waals surface area (Å²) in [7, 11) is 2.56. The number of carbonyl (C=O) groups is 4. The predicted molar refractivity (Wildman–Crippen MR) is 229 cm³/mol. The van der Waals surface area contributed by atoms with Gasteiger partial charge in [0.2, 0.25) is 17.8 Å². The Morgan fingerprint density at radius 1 is 0.677 bits per heavy atom. The highest BCUT2D eigenvalue weighted by Crippen LogP contribution is 2.48. The number of carbonyl (C=O) groups excluding carboxylic acids is 4. The van der Waals surface area contributed by atoms with Crippen molar-refractivity contribution in [2.24, 2.45) is 11.8 Å². The third-order valence-corrected chi connectivity index (χ3v) is 12.7. The number of methoxy groups -OCH3 is 2. The van der Waals surface area contributed by atoms with Crippen LogP contribution in [0.15, 0.2) is 54.7 Å². The SMILES string of the molecule is COC(=O)NC(C(=O)N1CCC[C@H]1c1nc2cc([C@H]3CC[C@H](c4ccc5[nH]c([C@@H]6CCCN6C(=O)[C@@H](NC(=O)OC)C(C)C)nc5c4)N3c3ccnc(F)c3)ccc2[nH]1)C(C)C. The fourth-order valence-corrected chi connectivity index (χ4v) is 9.58. The lowest BCUT2D eigenvalue weighted by Gasteiger charge is -2.33. The second-order valence-electron chi connectivity index (χ2n) is 17.2. The summed E-state index contributed by atoms with van der Waals surface area (Å²) in [6, 6.07) is 13.4. The van der Waals surface area contributed by atoms with Crippen LogP contribution in [0.2, 0.25) is 0 Å². The van der Waals surface area contributed by atoms with E-state index in [1.165, 1.54) is 26.5 Å². The van der Waals surface area contributed by atoms with Crippen LogP contribution in [0, 0.1) is 17.8 Å². The van der Waals surface area contributed by atoms with Gasteiger partial charge in [-0.1, -0.05) is 39.8 Å². The molecule has 0 bridgehead atoms. The highest BCUT2D eigenvalue weighted by Gasteiger charge is 2.40. The maximum Gasteiger partial charge on any atom is 0.407 e. The van der Waals surface area contributed by atoms with Gasteiger partial charge in [-0.15, -0.1) is 0 Å². The number of hydrogen-bond donors (Lipinski definition) is 4. The van der Waals surface area contributed by atoms with E-state index >= 15 is 0 Å². The molecule has 3 fully saturated rings. The molecule has 6 atom stereocenters. The number of likely N-dealkylation sites (tertiary alicyclic amines) is 2. The van der Waals surface area contributed by atoms with Crippen LogP contribution in [0.4, 0.5) is 19.7 Å². The summed E-state index contributed by atoms with van der Waals surface area (Å²) < 4.78 is 24.4. The zero-order valence-corrected chi connectivity index (χ0v) is 36.0. The Morgan fingerprint density at radius 2 is 1.15 bits per heavy atom. The summed E-state index contributed by atoms with van der Waals surface area (Å²) >= 11 is 0. The molecule has 328 valence electrons. The lowest BCUT2D eigenvalue weighted by molar-refractivity contribution is -0.136. The Hall–Kier alpha value is -6.26. The molecule has 4 N–H and O–H groups in total. The van der Waals surface area contributed by atoms with Crippen LogP contribution in [0.25, 0.3) is 22.1 Å². The van der Waals surface area contributed by atoms with Gasteiger partial charge in [-0.05, 0) is 91.8 Å². The van der Waals surface area contributed by atoms with Crippen LogP contribution in [0.3, 0.4) is 0 Å². The standard InChI is InChI=1S/C45H55FN10O6/c1-24(2)38(52-44(59)61-5)42(57)54-19-7-9-35(54)40-48-29-13-11-26(21-31(29)50-40)33-15-16-34(56(33)28-17-18-47-37(46)23-28)27-12-14-30-32(22-27)51-41(49-30)36-10-8-20-55(36)43(58)39(25(3)4)53-45(60)62-6/h11-14,17-18,21-25,33-36,38-39H,7-10,15-16,19-20H2,1-6H3,(H,48,50)(H,49,51)(H,52,59)(H,53,60)/t33-,34-,35+,36+,38+,39?/m1/s1. The van der Waals surface area contributed by atoms with Gasteiger partial charge in [0.15, 0.2) is 0 Å². The third-order valence-electron chi connectivity index (χ3n) is 12.7. The van der Waals surface area contributed by atoms with Crippen molar-refractivity contribution in [1.82, 2.24) is 45.4 Å². The molecule has 62 heavy (non-hydrogen) atoms. The maximum atomic E-state index is 14.8. The molecular weight excluding hydrogens is 796 g/mol. The number of hydrogen-bond acceptors (Lipinski definition) is 10. The highest BCUT2D eigenvalue weighted by atomic mass is 19.1. The smallest absolute Gasteiger partial charge is 0.407 e. The van der Waals surface area contributed by atoms with Gasteiger partial charge in [-0.2, -0.15) is 4.39 Å². The molecule has 0 aliphatic carbocycles. The molecule has 6 heterocycles. The van der Waals surface area contributed by atoms with Crippen molar-refractivity contribution in [3.05, 3.63) is 83.5 Å². The summed E-state index contributed by atoms with van der Waals surface area (Å²) in [6.07, 6.45) is 4.85. The maximum absolute atomic E-state index is 14.8. The average molecular weight is 851 g/mol. The molecule has 16 nitrogen and oxygen atoms in total. The number of H-pyrrole nitrogens is 2. The summed E-state index contributed by atoms with van der Waals surface area (Å²) in [4.78, 5) is 78.5. The largest absolute Gasteiger partial charge is 0.453 e. The van der Waals surface area contributed by atoms with Gasteiger partial charge in [0, 0.05) is 31.0 Å². The van der Waals surface area contributed by atoms with Gasteiger partial charge in [-0.3, -0.25) is 9.59 Å². The van der Waals surface area contributed by atoms with Crippen molar-refractivity contribution >= 4 is 51.8 Å². The van der Waals surface area contributed by atoms with Gasteiger partial charge in [0.25, 0.3) is 0 Å². The average Bonchev–Trinajstić information content (AvgIpc) is 4.12. The Balaban J connectivity index is 1.06. The number of ether oxygens (including phenoxy) is 2. The number of aromatic nitrogens is 5. The van der Waals surface area contributed by atoms with E-state index in [9.17, 15) is 23.6 Å². The van der Waals surface area contributed by atoms with E-state index in [1.807, 2.05) is 45.9 Å². The fourth-order valence-electron chi connectivity index (χ4n) is 9.58. The van der Waals surface area contributed by atoms with Gasteiger partial charge < -0.3 is 44.8 Å². The van der Waals surface area contributed by atoms with Gasteiger partial charge in [-0.25, -0.2) is 24.5 Å². The van der Waals surface area contributed by atoms with E-state index in [0.717, 1.165) is 71.7 Å². The number of rotatable bonds is 11. The minimum absolute atomic E-state index is 0.122. The van der Waals surface area contributed by atoms with Crippen molar-refractivity contribution in [2.45, 2.75) is 102 Å². The molecule has 3 aliphatic rings. The molecule has 3 saturated heterocycles. The number of nitrogens with zero attached hydrogens (tertiary/aromatic N) is 6. The molecule has 5 aromatic rings. The molecule has 4 amide bonds. The van der Waals surface area contributed by atoms with Crippen LogP contribution in [0.1, 0.15) is 113 Å². The molecular formula is C45H55FN10O6. The monoisotopic (exact) mass is 850 g/mol. The number of anilines is 1. The predicted octanol–water partition coefficient (Wildman–Crippen LogP) is 7.14. The molecule has 0 radical (unpaired) electrons. The normalized spacial score (nSPS) is 21.3. The number of imidazole rings is 2. The number of pyridine rings is 1. The minimum atomic E-state index is -0.733. The first-order valence-electron chi connectivity index (χ1n) is 21.5. The quantitative estimate of drug-likeness (QED) is 0.0994. The number of nitrogens with one attached hydrogen (secondary N) is 4. The second-order valence-corrected chi connectivity index (χ2v) is 17.2. The van der Waals surface area contributed by atoms with Crippen molar-refractivity contribution in [3.63, 3.8) is 0 Å². The molecule has 3 aliphatic heterocycles. The Kier molecular flexibility index (Phi) is 12.1. The van der Waals surface area contributed by atoms with E-state index in [2.05, 4.69) is 54.8 Å². The van der Waals surface area contributed by atoms with Gasteiger partial charge >= 0.3 is 12.2 Å². The van der Waals surface area contributed by atoms with E-state index in [4.69, 9.17) is 19.4 Å². The topological polar surface area (TPSA) is 191 Å². The second kappa shape index (κ2) is 17.6. The first kappa shape index (κ1) is 42.4. The molecule has 0 spiro atoms. The molecule has 3 aromatic heterocycles. The molecule has 17 heteroatoms. The number of aromatic amines is 2. The number of halogens is 1. The van der Waals surface area contributed by atoms with Gasteiger partial charge in [0.1, 0.15) is 23.7 Å². The first-order chi connectivity index (χ1) is 29.8. The minimum Gasteiger partial charge on any atom is -0.453 e. The van der Waals surface area contributed by atoms with Crippen LogP contribution in [-0.4, -0.2) is 98.1 Å². The van der Waals surface area contributed by atoms with Crippen molar-refractivity contribution in [2.75, 3.05) is 32.2 Å². The van der Waals surface area contributed by atoms with Crippen LogP contribution in [-0.2, 0) is 19.1 Å². The van der Waals surface area contributed by atoms with E-state index in [0.29, 0.717) is 30.4 Å². The van der Waals surface area contributed by atoms with Crippen LogP contribution >= 0.6 is 0 Å². The summed E-state index contributed by atoms with van der Waals surface area (Å²) in [5, 5.41) is 5.42. The lowest BCUT2D eigenvalue weighted by Crippen LogP contribution is -2.51. The van der Waals surface area contributed by atoms with E-state index in [-0.39, 0.29) is 47.8 Å². The zero-order valence-electron chi connectivity index (χ0n) is 36.0. The number of alkyl carbamates (subject to hydrolysis) is 2. The number of fused-ring (bicyclic) bond motifs is 2. The molecule has 1 unspecified atom stereocenters. The number of amides is 4. The summed E-state index contributed by atoms with van der Waals surface area (Å²) in [5.74, 6) is 0.182. The van der Waals surface area contributed by atoms with Crippen molar-refractivity contribution in [3.8, 4) is 0 Å². The Bertz CT molecular complexity index is 2320. The fraction of sp³-hybridized carbons (Fsp3) is 0.489. The Morgan fingerprint density at radius 3 is 1.56 bits per heavy atom. The van der Waals surface area contributed by atoms with Crippen molar-refractivity contribution in [1.29, 1.82) is 0 Å². The molecule has 8 rings (SSSR count). The Labute approximate surface area is 359 Å². The summed E-state index contributed by atoms with van der Waals surface area (Å²) in [6.45, 7) is 8.67. The third kappa shape index (κ3) is 8.23. The van der Waals surface area contributed by atoms with Crippen molar-refractivity contribution < 1.29 is 33.0 Å². The molecule has 2 aromatic carbocycles.